The molecule has 2 atom stereocenters. The van der Waals surface area contributed by atoms with E-state index in [2.05, 4.69) is 25.6 Å². The summed E-state index contributed by atoms with van der Waals surface area (Å²) in [5, 5.41) is 6.59. The summed E-state index contributed by atoms with van der Waals surface area (Å²) in [5.74, 6) is 2.33. The van der Waals surface area contributed by atoms with Crippen molar-refractivity contribution in [3.05, 3.63) is 42.4 Å². The molecular formula is C25H29N5O4. The number of ether oxygens (including phenoxy) is 3. The molecule has 2 aromatic heterocycles. The highest BCUT2D eigenvalue weighted by molar-refractivity contribution is 6.00. The van der Waals surface area contributed by atoms with Crippen LogP contribution in [-0.4, -0.2) is 47.7 Å². The number of carbonyl (C=O) groups excluding carboxylic acids is 1. The zero-order valence-electron chi connectivity index (χ0n) is 19.3. The third-order valence-electron chi connectivity index (χ3n) is 6.40. The van der Waals surface area contributed by atoms with Crippen LogP contribution < -0.4 is 24.8 Å². The van der Waals surface area contributed by atoms with Crippen LogP contribution in [0.3, 0.4) is 0 Å². The summed E-state index contributed by atoms with van der Waals surface area (Å²) in [6.45, 7) is 2.62. The van der Waals surface area contributed by atoms with Gasteiger partial charge in [0.05, 0.1) is 36.4 Å². The van der Waals surface area contributed by atoms with E-state index >= 15 is 0 Å². The first kappa shape index (κ1) is 22.3. The van der Waals surface area contributed by atoms with Gasteiger partial charge in [-0.2, -0.15) is 0 Å². The van der Waals surface area contributed by atoms with E-state index in [1.54, 1.807) is 19.5 Å². The summed E-state index contributed by atoms with van der Waals surface area (Å²) in [7, 11) is 1.55. The first-order valence-corrected chi connectivity index (χ1v) is 11.8. The molecule has 2 N–H and O–H groups in total. The van der Waals surface area contributed by atoms with Crippen LogP contribution in [0.1, 0.15) is 31.4 Å². The minimum absolute atomic E-state index is 0.0261. The maximum atomic E-state index is 13.1. The topological polar surface area (TPSA) is 107 Å². The minimum Gasteiger partial charge on any atom is -0.486 e. The van der Waals surface area contributed by atoms with E-state index in [9.17, 15) is 4.79 Å². The third kappa shape index (κ3) is 5.04. The number of para-hydroxylation sites is 1. The highest BCUT2D eigenvalue weighted by atomic mass is 16.6. The number of methoxy groups -OCH3 is 1. The van der Waals surface area contributed by atoms with Gasteiger partial charge in [0.2, 0.25) is 11.8 Å². The summed E-state index contributed by atoms with van der Waals surface area (Å²) in [6, 6.07) is 7.53. The highest BCUT2D eigenvalue weighted by Crippen LogP contribution is 2.31. The van der Waals surface area contributed by atoms with Crippen molar-refractivity contribution in [3.8, 4) is 17.4 Å². The van der Waals surface area contributed by atoms with Gasteiger partial charge in [-0.05, 0) is 43.9 Å². The zero-order valence-corrected chi connectivity index (χ0v) is 19.3. The number of rotatable bonds is 7. The lowest BCUT2D eigenvalue weighted by Crippen LogP contribution is -2.32. The van der Waals surface area contributed by atoms with Gasteiger partial charge in [-0.3, -0.25) is 9.78 Å². The number of amides is 1. The van der Waals surface area contributed by atoms with Crippen molar-refractivity contribution in [2.24, 2.45) is 11.8 Å². The number of carbonyl (C=O) groups is 1. The van der Waals surface area contributed by atoms with Crippen molar-refractivity contribution < 1.29 is 19.0 Å². The lowest BCUT2D eigenvalue weighted by atomic mass is 9.81. The second kappa shape index (κ2) is 10.2. The van der Waals surface area contributed by atoms with Gasteiger partial charge in [-0.25, -0.2) is 9.97 Å². The number of nitrogens with zero attached hydrogens (tertiary/aromatic N) is 3. The summed E-state index contributed by atoms with van der Waals surface area (Å²) in [6.07, 6.45) is 7.20. The van der Waals surface area contributed by atoms with E-state index in [0.717, 1.165) is 49.2 Å². The van der Waals surface area contributed by atoms with Crippen LogP contribution in [0.5, 0.6) is 17.4 Å². The van der Waals surface area contributed by atoms with Crippen LogP contribution in [0.15, 0.2) is 36.7 Å². The lowest BCUT2D eigenvalue weighted by molar-refractivity contribution is -0.121. The van der Waals surface area contributed by atoms with Crippen LogP contribution in [0, 0.1) is 11.8 Å². The highest BCUT2D eigenvalue weighted by Gasteiger charge is 2.27. The van der Waals surface area contributed by atoms with E-state index in [1.165, 1.54) is 0 Å². The largest absolute Gasteiger partial charge is 0.486 e. The van der Waals surface area contributed by atoms with Crippen LogP contribution in [0.2, 0.25) is 0 Å². The molecule has 34 heavy (non-hydrogen) atoms. The van der Waals surface area contributed by atoms with Gasteiger partial charge in [0.1, 0.15) is 18.7 Å². The van der Waals surface area contributed by atoms with Gasteiger partial charge in [-0.15, -0.1) is 0 Å². The van der Waals surface area contributed by atoms with Crippen molar-refractivity contribution in [2.75, 3.05) is 32.2 Å². The number of benzene rings is 1. The van der Waals surface area contributed by atoms with E-state index in [4.69, 9.17) is 14.2 Å². The Balaban J connectivity index is 1.16. The first-order chi connectivity index (χ1) is 16.7. The van der Waals surface area contributed by atoms with E-state index in [0.29, 0.717) is 48.5 Å². The Labute approximate surface area is 198 Å². The number of aromatic nitrogens is 3. The monoisotopic (exact) mass is 463 g/mol. The minimum atomic E-state index is -0.0261. The third-order valence-corrected chi connectivity index (χ3v) is 6.40. The Morgan fingerprint density at radius 3 is 2.91 bits per heavy atom. The number of hydrogen-bond acceptors (Lipinski definition) is 8. The Kier molecular flexibility index (Phi) is 6.71. The Morgan fingerprint density at radius 1 is 1.15 bits per heavy atom. The average molecular weight is 464 g/mol. The van der Waals surface area contributed by atoms with Crippen LogP contribution >= 0.6 is 0 Å². The second-order valence-electron chi connectivity index (χ2n) is 8.75. The molecule has 0 radical (unpaired) electrons. The van der Waals surface area contributed by atoms with Crippen LogP contribution in [-0.2, 0) is 11.3 Å². The molecule has 5 rings (SSSR count). The Hall–Kier alpha value is -3.46. The quantitative estimate of drug-likeness (QED) is 0.549. The van der Waals surface area contributed by atoms with Gasteiger partial charge in [0.25, 0.3) is 0 Å². The molecule has 1 aromatic carbocycles. The molecule has 0 saturated heterocycles. The van der Waals surface area contributed by atoms with E-state index in [-0.39, 0.29) is 11.8 Å². The van der Waals surface area contributed by atoms with Gasteiger partial charge in [0.15, 0.2) is 11.5 Å². The molecule has 2 aliphatic rings. The smallest absolute Gasteiger partial charge is 0.232 e. The summed E-state index contributed by atoms with van der Waals surface area (Å²) in [4.78, 5) is 26.4. The van der Waals surface area contributed by atoms with Crippen LogP contribution in [0.25, 0.3) is 11.0 Å². The molecule has 1 aliphatic carbocycles. The first-order valence-electron chi connectivity index (χ1n) is 11.8. The molecule has 1 amide bonds. The number of hydrogen-bond donors (Lipinski definition) is 2. The van der Waals surface area contributed by atoms with E-state index in [1.807, 2.05) is 24.3 Å². The zero-order chi connectivity index (χ0) is 23.3. The maximum Gasteiger partial charge on any atom is 0.232 e. The molecule has 9 nitrogen and oxygen atoms in total. The van der Waals surface area contributed by atoms with Gasteiger partial charge in [0, 0.05) is 18.5 Å². The summed E-state index contributed by atoms with van der Waals surface area (Å²) in [5.41, 5.74) is 2.94. The average Bonchev–Trinajstić information content (AvgIpc) is 2.88. The molecule has 3 heterocycles. The molecule has 0 bridgehead atoms. The number of nitrogens with one attached hydrogen (secondary N) is 2. The fraction of sp³-hybridized carbons (Fsp3) is 0.440. The predicted octanol–water partition coefficient (Wildman–Crippen LogP) is 3.34. The SMILES string of the molecule is COc1cnc2cccc(NC(=O)C3CCCC(CNCc4cc5c(cn4)OCCO5)C3)c2n1. The van der Waals surface area contributed by atoms with Crippen molar-refractivity contribution in [3.63, 3.8) is 0 Å². The predicted molar refractivity (Wildman–Crippen MR) is 127 cm³/mol. The summed E-state index contributed by atoms with van der Waals surface area (Å²) >= 11 is 0. The molecule has 3 aromatic rings. The van der Waals surface area contributed by atoms with Crippen molar-refractivity contribution in [2.45, 2.75) is 32.2 Å². The molecule has 178 valence electrons. The number of fused-ring (bicyclic) bond motifs is 2. The fourth-order valence-corrected chi connectivity index (χ4v) is 4.66. The maximum absolute atomic E-state index is 13.1. The van der Waals surface area contributed by atoms with Crippen molar-refractivity contribution >= 4 is 22.6 Å². The Morgan fingerprint density at radius 2 is 2.03 bits per heavy atom. The van der Waals surface area contributed by atoms with E-state index < -0.39 is 0 Å². The number of anilines is 1. The lowest BCUT2D eigenvalue weighted by Gasteiger charge is -2.28. The van der Waals surface area contributed by atoms with Gasteiger partial charge in [-0.1, -0.05) is 12.5 Å². The van der Waals surface area contributed by atoms with Crippen molar-refractivity contribution in [1.82, 2.24) is 20.3 Å². The summed E-state index contributed by atoms with van der Waals surface area (Å²) < 4.78 is 16.4. The van der Waals surface area contributed by atoms with Gasteiger partial charge >= 0.3 is 0 Å². The molecule has 1 aliphatic heterocycles. The molecule has 2 unspecified atom stereocenters. The second-order valence-corrected chi connectivity index (χ2v) is 8.75. The molecule has 9 heteroatoms. The molecule has 0 spiro atoms. The van der Waals surface area contributed by atoms with Crippen LogP contribution in [0.4, 0.5) is 5.69 Å². The molecule has 1 saturated carbocycles. The fourth-order valence-electron chi connectivity index (χ4n) is 4.66. The Bertz CT molecular complexity index is 1170. The standard InChI is InChI=1S/C25H29N5O4/c1-32-23-15-28-19-6-3-7-20(24(19)30-23)29-25(31)17-5-2-4-16(10-17)12-26-13-18-11-21-22(14-27-18)34-9-8-33-21/h3,6-7,11,14-17,26H,2,4-5,8-10,12-13H2,1H3,(H,29,31). The normalized spacial score (nSPS) is 19.6. The van der Waals surface area contributed by atoms with Gasteiger partial charge < -0.3 is 24.8 Å². The molecular weight excluding hydrogens is 434 g/mol. The van der Waals surface area contributed by atoms with Crippen molar-refractivity contribution in [1.29, 1.82) is 0 Å². The number of pyridine rings is 1. The molecule has 1 fully saturated rings.